The van der Waals surface area contributed by atoms with Gasteiger partial charge in [0, 0.05) is 19.1 Å². The SMILES string of the molecule is NC(=O)[C@H](NC[C@H]1CCO[C@@H]1c1ccccc1)c1ccccc1. The van der Waals surface area contributed by atoms with E-state index >= 15 is 0 Å². The fourth-order valence-corrected chi connectivity index (χ4v) is 3.15. The number of ether oxygens (including phenoxy) is 1. The number of carbonyl (C=O) groups is 1. The fourth-order valence-electron chi connectivity index (χ4n) is 3.15. The maximum Gasteiger partial charge on any atom is 0.239 e. The molecule has 0 bridgehead atoms. The van der Waals surface area contributed by atoms with Crippen LogP contribution in [0.5, 0.6) is 0 Å². The second-order valence-corrected chi connectivity index (χ2v) is 5.91. The Labute approximate surface area is 136 Å². The van der Waals surface area contributed by atoms with Crippen molar-refractivity contribution in [1.82, 2.24) is 5.32 Å². The molecule has 4 heteroatoms. The number of nitrogens with two attached hydrogens (primary N) is 1. The van der Waals surface area contributed by atoms with E-state index in [1.807, 2.05) is 48.5 Å². The van der Waals surface area contributed by atoms with E-state index in [9.17, 15) is 4.79 Å². The van der Waals surface area contributed by atoms with Gasteiger partial charge >= 0.3 is 0 Å². The highest BCUT2D eigenvalue weighted by atomic mass is 16.5. The predicted molar refractivity (Wildman–Crippen MR) is 89.6 cm³/mol. The van der Waals surface area contributed by atoms with Crippen molar-refractivity contribution in [3.63, 3.8) is 0 Å². The average molecular weight is 310 g/mol. The first-order valence-electron chi connectivity index (χ1n) is 8.00. The van der Waals surface area contributed by atoms with Crippen LogP contribution >= 0.6 is 0 Å². The highest BCUT2D eigenvalue weighted by molar-refractivity contribution is 5.81. The first kappa shape index (κ1) is 15.7. The Morgan fingerprint density at radius 1 is 1.13 bits per heavy atom. The van der Waals surface area contributed by atoms with E-state index < -0.39 is 6.04 Å². The van der Waals surface area contributed by atoms with Crippen molar-refractivity contribution in [2.45, 2.75) is 18.6 Å². The van der Waals surface area contributed by atoms with Crippen LogP contribution in [0, 0.1) is 5.92 Å². The fraction of sp³-hybridized carbons (Fsp3) is 0.316. The molecular formula is C19H22N2O2. The summed E-state index contributed by atoms with van der Waals surface area (Å²) in [6.45, 7) is 1.44. The lowest BCUT2D eigenvalue weighted by atomic mass is 9.94. The molecule has 120 valence electrons. The number of hydrogen-bond donors (Lipinski definition) is 2. The summed E-state index contributed by atoms with van der Waals surface area (Å²) in [4.78, 5) is 11.8. The van der Waals surface area contributed by atoms with Crippen LogP contribution in [0.1, 0.15) is 29.7 Å². The highest BCUT2D eigenvalue weighted by Gasteiger charge is 2.30. The number of primary amides is 1. The van der Waals surface area contributed by atoms with Gasteiger partial charge in [0.25, 0.3) is 0 Å². The van der Waals surface area contributed by atoms with Gasteiger partial charge in [0.05, 0.1) is 6.10 Å². The number of hydrogen-bond acceptors (Lipinski definition) is 3. The Balaban J connectivity index is 1.67. The monoisotopic (exact) mass is 310 g/mol. The van der Waals surface area contributed by atoms with Crippen LogP contribution in [0.3, 0.4) is 0 Å². The molecule has 0 aromatic heterocycles. The Morgan fingerprint density at radius 3 is 2.43 bits per heavy atom. The van der Waals surface area contributed by atoms with Crippen molar-refractivity contribution in [3.05, 3.63) is 71.8 Å². The number of benzene rings is 2. The van der Waals surface area contributed by atoms with Crippen LogP contribution in [0.4, 0.5) is 0 Å². The smallest absolute Gasteiger partial charge is 0.239 e. The molecule has 2 aromatic rings. The summed E-state index contributed by atoms with van der Waals surface area (Å²) < 4.78 is 5.89. The largest absolute Gasteiger partial charge is 0.373 e. The molecule has 1 heterocycles. The second-order valence-electron chi connectivity index (χ2n) is 5.91. The van der Waals surface area contributed by atoms with Crippen molar-refractivity contribution in [2.75, 3.05) is 13.2 Å². The zero-order valence-corrected chi connectivity index (χ0v) is 13.0. The molecule has 1 aliphatic heterocycles. The zero-order valence-electron chi connectivity index (χ0n) is 13.0. The van der Waals surface area contributed by atoms with Gasteiger partial charge in [0.15, 0.2) is 0 Å². The third kappa shape index (κ3) is 3.78. The van der Waals surface area contributed by atoms with Crippen molar-refractivity contribution < 1.29 is 9.53 Å². The maximum absolute atomic E-state index is 11.8. The summed E-state index contributed by atoms with van der Waals surface area (Å²) >= 11 is 0. The molecule has 3 rings (SSSR count). The Kier molecular flexibility index (Phi) is 5.05. The molecule has 3 atom stereocenters. The molecule has 1 aliphatic rings. The minimum absolute atomic E-state index is 0.0769. The van der Waals surface area contributed by atoms with Gasteiger partial charge in [-0.15, -0.1) is 0 Å². The molecule has 0 unspecified atom stereocenters. The van der Waals surface area contributed by atoms with Crippen LogP contribution < -0.4 is 11.1 Å². The van der Waals surface area contributed by atoms with E-state index in [1.165, 1.54) is 5.56 Å². The van der Waals surface area contributed by atoms with Gasteiger partial charge in [-0.2, -0.15) is 0 Å². The second kappa shape index (κ2) is 7.40. The Morgan fingerprint density at radius 2 is 1.78 bits per heavy atom. The molecular weight excluding hydrogens is 288 g/mol. The van der Waals surface area contributed by atoms with Crippen molar-refractivity contribution in [2.24, 2.45) is 11.7 Å². The standard InChI is InChI=1S/C19H22N2O2/c20-19(22)17(14-7-3-1-4-8-14)21-13-16-11-12-23-18(16)15-9-5-2-6-10-15/h1-10,16-18,21H,11-13H2,(H2,20,22)/t16-,17-,18-/m1/s1. The summed E-state index contributed by atoms with van der Waals surface area (Å²) in [5.74, 6) is -0.0191. The lowest BCUT2D eigenvalue weighted by Crippen LogP contribution is -2.37. The van der Waals surface area contributed by atoms with E-state index in [2.05, 4.69) is 17.4 Å². The summed E-state index contributed by atoms with van der Waals surface area (Å²) in [6.07, 6.45) is 1.06. The Hall–Kier alpha value is -2.17. The molecule has 0 aliphatic carbocycles. The van der Waals surface area contributed by atoms with Crippen LogP contribution in [-0.2, 0) is 9.53 Å². The molecule has 2 aromatic carbocycles. The quantitative estimate of drug-likeness (QED) is 0.862. The summed E-state index contributed by atoms with van der Waals surface area (Å²) in [7, 11) is 0. The molecule has 0 saturated carbocycles. The van der Waals surface area contributed by atoms with Gasteiger partial charge < -0.3 is 15.8 Å². The number of amides is 1. The maximum atomic E-state index is 11.8. The number of rotatable bonds is 6. The predicted octanol–water partition coefficient (Wildman–Crippen LogP) is 2.58. The summed E-state index contributed by atoms with van der Waals surface area (Å²) in [5, 5.41) is 3.32. The molecule has 3 N–H and O–H groups in total. The first-order chi connectivity index (χ1) is 11.3. The van der Waals surface area contributed by atoms with Crippen molar-refractivity contribution in [3.8, 4) is 0 Å². The molecule has 4 nitrogen and oxygen atoms in total. The Bertz CT molecular complexity index is 630. The lowest BCUT2D eigenvalue weighted by Gasteiger charge is -2.22. The van der Waals surface area contributed by atoms with Crippen LogP contribution in [0.2, 0.25) is 0 Å². The average Bonchev–Trinajstić information content (AvgIpc) is 3.05. The van der Waals surface area contributed by atoms with Crippen molar-refractivity contribution in [1.29, 1.82) is 0 Å². The third-order valence-electron chi connectivity index (χ3n) is 4.34. The topological polar surface area (TPSA) is 64.4 Å². The van der Waals surface area contributed by atoms with E-state index in [4.69, 9.17) is 10.5 Å². The first-order valence-corrected chi connectivity index (χ1v) is 8.00. The normalized spacial score (nSPS) is 21.9. The number of nitrogens with one attached hydrogen (secondary N) is 1. The molecule has 0 radical (unpaired) electrons. The van der Waals surface area contributed by atoms with Crippen LogP contribution in [-0.4, -0.2) is 19.1 Å². The van der Waals surface area contributed by atoms with Gasteiger partial charge in [-0.05, 0) is 17.5 Å². The molecule has 1 fully saturated rings. The third-order valence-corrected chi connectivity index (χ3v) is 4.34. The van der Waals surface area contributed by atoms with Gasteiger partial charge in [-0.25, -0.2) is 0 Å². The summed E-state index contributed by atoms with van der Waals surface area (Å²) in [6, 6.07) is 19.4. The number of carbonyl (C=O) groups excluding carboxylic acids is 1. The van der Waals surface area contributed by atoms with E-state index in [-0.39, 0.29) is 12.0 Å². The molecule has 23 heavy (non-hydrogen) atoms. The lowest BCUT2D eigenvalue weighted by molar-refractivity contribution is -0.120. The van der Waals surface area contributed by atoms with Gasteiger partial charge in [0.1, 0.15) is 6.04 Å². The molecule has 1 amide bonds. The van der Waals surface area contributed by atoms with Crippen LogP contribution in [0.25, 0.3) is 0 Å². The van der Waals surface area contributed by atoms with E-state index in [1.54, 1.807) is 0 Å². The zero-order chi connectivity index (χ0) is 16.1. The highest BCUT2D eigenvalue weighted by Crippen LogP contribution is 2.34. The van der Waals surface area contributed by atoms with Gasteiger partial charge in [-0.1, -0.05) is 60.7 Å². The van der Waals surface area contributed by atoms with E-state index in [0.717, 1.165) is 18.6 Å². The molecule has 0 spiro atoms. The van der Waals surface area contributed by atoms with Gasteiger partial charge in [0.2, 0.25) is 5.91 Å². The van der Waals surface area contributed by atoms with Crippen LogP contribution in [0.15, 0.2) is 60.7 Å². The van der Waals surface area contributed by atoms with Crippen molar-refractivity contribution >= 4 is 5.91 Å². The summed E-state index contributed by atoms with van der Waals surface area (Å²) in [5.41, 5.74) is 7.65. The minimum Gasteiger partial charge on any atom is -0.373 e. The van der Waals surface area contributed by atoms with E-state index in [0.29, 0.717) is 12.5 Å². The molecule has 1 saturated heterocycles. The van der Waals surface area contributed by atoms with Gasteiger partial charge in [-0.3, -0.25) is 4.79 Å². The minimum atomic E-state index is -0.465.